The molecule has 4 heteroatoms. The van der Waals surface area contributed by atoms with Crippen LogP contribution < -0.4 is 5.32 Å². The quantitative estimate of drug-likeness (QED) is 0.770. The van der Waals surface area contributed by atoms with E-state index >= 15 is 0 Å². The van der Waals surface area contributed by atoms with Crippen molar-refractivity contribution in [3.63, 3.8) is 0 Å². The summed E-state index contributed by atoms with van der Waals surface area (Å²) < 4.78 is 1.15. The molecule has 0 aromatic heterocycles. The summed E-state index contributed by atoms with van der Waals surface area (Å²) in [7, 11) is 0. The van der Waals surface area contributed by atoms with Crippen molar-refractivity contribution in [1.29, 1.82) is 0 Å². The first-order valence-electron chi connectivity index (χ1n) is 9.21. The zero-order chi connectivity index (χ0) is 17.2. The molecule has 0 amide bonds. The van der Waals surface area contributed by atoms with Crippen LogP contribution in [0.4, 0.5) is 5.69 Å². The van der Waals surface area contributed by atoms with Crippen LogP contribution >= 0.6 is 15.9 Å². The van der Waals surface area contributed by atoms with Gasteiger partial charge in [0.15, 0.2) is 0 Å². The molecule has 25 heavy (non-hydrogen) atoms. The number of fused-ring (bicyclic) bond motifs is 3. The number of aliphatic hydroxyl groups excluding tert-OH is 1. The first kappa shape index (κ1) is 17.1. The largest absolute Gasteiger partial charge is 0.396 e. The number of rotatable bonds is 5. The van der Waals surface area contributed by atoms with Crippen LogP contribution in [0.5, 0.6) is 0 Å². The van der Waals surface area contributed by atoms with Crippen molar-refractivity contribution >= 4 is 21.6 Å². The minimum Gasteiger partial charge on any atom is -0.396 e. The van der Waals surface area contributed by atoms with Gasteiger partial charge >= 0.3 is 0 Å². The summed E-state index contributed by atoms with van der Waals surface area (Å²) in [4.78, 5) is 2.64. The Morgan fingerprint density at radius 3 is 2.80 bits per heavy atom. The summed E-state index contributed by atoms with van der Waals surface area (Å²) in [6.07, 6.45) is 3.12. The third kappa shape index (κ3) is 3.48. The summed E-state index contributed by atoms with van der Waals surface area (Å²) in [5, 5.41) is 13.0. The molecule has 2 aliphatic heterocycles. The smallest absolute Gasteiger partial charge is 0.0431 e. The minimum atomic E-state index is 0.274. The van der Waals surface area contributed by atoms with Crippen LogP contribution in [0.15, 0.2) is 53.0 Å². The molecule has 2 N–H and O–H groups in total. The van der Waals surface area contributed by atoms with Gasteiger partial charge in [0.2, 0.25) is 0 Å². The highest BCUT2D eigenvalue weighted by molar-refractivity contribution is 9.10. The maximum absolute atomic E-state index is 9.27. The van der Waals surface area contributed by atoms with Crippen LogP contribution in [0.3, 0.4) is 0 Å². The summed E-state index contributed by atoms with van der Waals surface area (Å²) >= 11 is 3.65. The van der Waals surface area contributed by atoms with Gasteiger partial charge in [0, 0.05) is 41.3 Å². The number of hydrogen-bond donors (Lipinski definition) is 2. The molecule has 3 nitrogen and oxygen atoms in total. The predicted octanol–water partition coefficient (Wildman–Crippen LogP) is 4.58. The Labute approximate surface area is 158 Å². The van der Waals surface area contributed by atoms with Crippen molar-refractivity contribution in [2.75, 3.05) is 18.5 Å². The Hall–Kier alpha value is -1.36. The molecule has 1 fully saturated rings. The zero-order valence-corrected chi connectivity index (χ0v) is 16.0. The molecular formula is C21H25BrN2O. The third-order valence-corrected chi connectivity index (χ3v) is 6.13. The Morgan fingerprint density at radius 1 is 1.16 bits per heavy atom. The lowest BCUT2D eigenvalue weighted by molar-refractivity contribution is 0.197. The first-order valence-corrected chi connectivity index (χ1v) is 10.0. The summed E-state index contributed by atoms with van der Waals surface area (Å²) in [6.45, 7) is 2.41. The maximum Gasteiger partial charge on any atom is 0.0431 e. The lowest BCUT2D eigenvalue weighted by Gasteiger charge is -2.40. The maximum atomic E-state index is 9.27. The molecule has 2 aromatic rings. The van der Waals surface area contributed by atoms with Gasteiger partial charge in [-0.25, -0.2) is 0 Å². The van der Waals surface area contributed by atoms with Crippen molar-refractivity contribution in [2.24, 2.45) is 5.92 Å². The van der Waals surface area contributed by atoms with E-state index in [0.29, 0.717) is 18.0 Å². The normalized spacial score (nSPS) is 25.3. The molecule has 4 rings (SSSR count). The highest BCUT2D eigenvalue weighted by Gasteiger charge is 2.43. The van der Waals surface area contributed by atoms with Gasteiger partial charge in [-0.15, -0.1) is 0 Å². The van der Waals surface area contributed by atoms with Crippen molar-refractivity contribution < 1.29 is 5.11 Å². The van der Waals surface area contributed by atoms with Crippen molar-refractivity contribution in [3.05, 3.63) is 64.1 Å². The minimum absolute atomic E-state index is 0.274. The fraction of sp³-hybridized carbons (Fsp3) is 0.429. The van der Waals surface area contributed by atoms with Crippen LogP contribution in [-0.2, 0) is 6.54 Å². The van der Waals surface area contributed by atoms with Gasteiger partial charge in [-0.2, -0.15) is 0 Å². The Balaban J connectivity index is 1.65. The van der Waals surface area contributed by atoms with Crippen LogP contribution in [0.25, 0.3) is 0 Å². The van der Waals surface area contributed by atoms with Crippen molar-refractivity contribution in [3.8, 4) is 0 Å². The van der Waals surface area contributed by atoms with Gasteiger partial charge in [-0.1, -0.05) is 46.3 Å². The molecular weight excluding hydrogens is 376 g/mol. The van der Waals surface area contributed by atoms with E-state index in [9.17, 15) is 5.11 Å². The SMILES string of the molecule is OCCC[C@@H]1Nc2ccc(Br)cc2[C@@H]2[C@H]1CCN2Cc1ccccc1. The van der Waals surface area contributed by atoms with E-state index < -0.39 is 0 Å². The highest BCUT2D eigenvalue weighted by Crippen LogP contribution is 2.48. The second-order valence-electron chi connectivity index (χ2n) is 7.20. The summed E-state index contributed by atoms with van der Waals surface area (Å²) in [5.41, 5.74) is 4.05. The Bertz CT molecular complexity index is 721. The van der Waals surface area contributed by atoms with Gasteiger partial charge in [0.25, 0.3) is 0 Å². The molecule has 3 atom stereocenters. The predicted molar refractivity (Wildman–Crippen MR) is 106 cm³/mol. The van der Waals surface area contributed by atoms with E-state index in [1.807, 2.05) is 0 Å². The average molecular weight is 401 g/mol. The number of nitrogens with one attached hydrogen (secondary N) is 1. The second-order valence-corrected chi connectivity index (χ2v) is 8.12. The molecule has 0 radical (unpaired) electrons. The average Bonchev–Trinajstić information content (AvgIpc) is 3.05. The topological polar surface area (TPSA) is 35.5 Å². The summed E-state index contributed by atoms with van der Waals surface area (Å²) in [6, 6.07) is 18.3. The molecule has 2 aliphatic rings. The summed E-state index contributed by atoms with van der Waals surface area (Å²) in [5.74, 6) is 0.608. The lowest BCUT2D eigenvalue weighted by atomic mass is 9.81. The van der Waals surface area contributed by atoms with E-state index in [1.165, 1.54) is 23.2 Å². The Kier molecular flexibility index (Phi) is 5.11. The number of hydrogen-bond acceptors (Lipinski definition) is 3. The van der Waals surface area contributed by atoms with Crippen LogP contribution in [0, 0.1) is 5.92 Å². The van der Waals surface area contributed by atoms with Crippen molar-refractivity contribution in [1.82, 2.24) is 4.90 Å². The van der Waals surface area contributed by atoms with Crippen LogP contribution in [-0.4, -0.2) is 29.2 Å². The van der Waals surface area contributed by atoms with Gasteiger partial charge in [0.05, 0.1) is 0 Å². The van der Waals surface area contributed by atoms with E-state index in [0.717, 1.165) is 30.4 Å². The molecule has 2 heterocycles. The first-order chi connectivity index (χ1) is 12.3. The fourth-order valence-corrected chi connectivity index (χ4v) is 4.92. The number of anilines is 1. The standard InChI is InChI=1S/C21H25BrN2O/c22-16-8-9-20-18(13-16)21-17(19(23-20)7-4-12-25)10-11-24(21)14-15-5-2-1-3-6-15/h1-3,5-6,8-9,13,17,19,21,23,25H,4,7,10-12,14H2/t17-,19-,21-/m0/s1. The van der Waals surface area contributed by atoms with Crippen LogP contribution in [0.1, 0.15) is 36.4 Å². The molecule has 132 valence electrons. The molecule has 0 bridgehead atoms. The number of likely N-dealkylation sites (tertiary alicyclic amines) is 1. The van der Waals surface area contributed by atoms with E-state index in [-0.39, 0.29) is 6.61 Å². The lowest BCUT2D eigenvalue weighted by Crippen LogP contribution is -2.39. The van der Waals surface area contributed by atoms with E-state index in [2.05, 4.69) is 74.7 Å². The third-order valence-electron chi connectivity index (χ3n) is 5.64. The number of aliphatic hydroxyl groups is 1. The van der Waals surface area contributed by atoms with Crippen molar-refractivity contribution in [2.45, 2.75) is 37.9 Å². The second kappa shape index (κ2) is 7.48. The zero-order valence-electron chi connectivity index (χ0n) is 14.4. The number of nitrogens with zero attached hydrogens (tertiary/aromatic N) is 1. The van der Waals surface area contributed by atoms with Gasteiger partial charge in [-0.05, 0) is 55.1 Å². The van der Waals surface area contributed by atoms with E-state index in [4.69, 9.17) is 0 Å². The number of halogens is 1. The monoisotopic (exact) mass is 400 g/mol. The van der Waals surface area contributed by atoms with E-state index in [1.54, 1.807) is 0 Å². The molecule has 0 aliphatic carbocycles. The van der Waals surface area contributed by atoms with Gasteiger partial charge < -0.3 is 10.4 Å². The van der Waals surface area contributed by atoms with Gasteiger partial charge in [0.1, 0.15) is 0 Å². The van der Waals surface area contributed by atoms with Crippen LogP contribution in [0.2, 0.25) is 0 Å². The molecule has 0 saturated carbocycles. The number of benzene rings is 2. The molecule has 0 spiro atoms. The highest BCUT2D eigenvalue weighted by atomic mass is 79.9. The molecule has 1 saturated heterocycles. The Morgan fingerprint density at radius 2 is 2.00 bits per heavy atom. The van der Waals surface area contributed by atoms with Gasteiger partial charge in [-0.3, -0.25) is 4.90 Å². The molecule has 2 aromatic carbocycles. The molecule has 0 unspecified atom stereocenters. The fourth-order valence-electron chi connectivity index (χ4n) is 4.54.